The second-order valence-corrected chi connectivity index (χ2v) is 4.24. The lowest BCUT2D eigenvalue weighted by molar-refractivity contribution is 0.0698. The molecule has 0 aliphatic heterocycles. The van der Waals surface area contributed by atoms with Gasteiger partial charge in [0, 0.05) is 6.20 Å². The first kappa shape index (κ1) is 13.6. The van der Waals surface area contributed by atoms with Crippen LogP contribution in [0.1, 0.15) is 21.6 Å². The van der Waals surface area contributed by atoms with Crippen molar-refractivity contribution in [1.29, 1.82) is 0 Å². The molecule has 7 heteroatoms. The number of urea groups is 1. The van der Waals surface area contributed by atoms with Crippen LogP contribution in [-0.2, 0) is 6.54 Å². The number of H-pyrrole nitrogens is 1. The van der Waals surface area contributed by atoms with Gasteiger partial charge in [-0.05, 0) is 19.1 Å². The Morgan fingerprint density at radius 2 is 2.20 bits per heavy atom. The van der Waals surface area contributed by atoms with Gasteiger partial charge in [-0.2, -0.15) is 0 Å². The Balaban J connectivity index is 2.02. The van der Waals surface area contributed by atoms with E-state index >= 15 is 0 Å². The molecule has 1 aromatic heterocycles. The number of carbonyl (C=O) groups is 2. The molecule has 7 nitrogen and oxygen atoms in total. The van der Waals surface area contributed by atoms with Crippen LogP contribution in [0, 0.1) is 6.92 Å². The van der Waals surface area contributed by atoms with E-state index in [0.717, 1.165) is 11.3 Å². The van der Waals surface area contributed by atoms with Crippen LogP contribution < -0.4 is 10.6 Å². The topological polar surface area (TPSA) is 107 Å². The summed E-state index contributed by atoms with van der Waals surface area (Å²) in [5, 5.41) is 14.2. The minimum absolute atomic E-state index is 0.0571. The summed E-state index contributed by atoms with van der Waals surface area (Å²) in [7, 11) is 0. The van der Waals surface area contributed by atoms with Crippen LogP contribution in [-0.4, -0.2) is 27.1 Å². The van der Waals surface area contributed by atoms with Crippen LogP contribution in [0.2, 0.25) is 0 Å². The maximum atomic E-state index is 11.7. The lowest BCUT2D eigenvalue weighted by Crippen LogP contribution is -2.29. The lowest BCUT2D eigenvalue weighted by atomic mass is 10.1. The van der Waals surface area contributed by atoms with Gasteiger partial charge in [0.25, 0.3) is 0 Å². The fourth-order valence-electron chi connectivity index (χ4n) is 1.67. The molecule has 0 spiro atoms. The number of aromatic nitrogens is 2. The summed E-state index contributed by atoms with van der Waals surface area (Å²) in [4.78, 5) is 29.5. The molecule has 0 bridgehead atoms. The predicted molar refractivity (Wildman–Crippen MR) is 72.6 cm³/mol. The van der Waals surface area contributed by atoms with Crippen molar-refractivity contribution in [3.05, 3.63) is 47.5 Å². The minimum Gasteiger partial charge on any atom is -0.478 e. The van der Waals surface area contributed by atoms with Crippen molar-refractivity contribution in [3.8, 4) is 0 Å². The van der Waals surface area contributed by atoms with Crippen molar-refractivity contribution < 1.29 is 14.7 Å². The van der Waals surface area contributed by atoms with Crippen molar-refractivity contribution in [2.45, 2.75) is 13.5 Å². The SMILES string of the molecule is Cc1ccc(NC(=O)NCc2cnc[nH]2)c(C(=O)O)c1. The monoisotopic (exact) mass is 274 g/mol. The smallest absolute Gasteiger partial charge is 0.337 e. The van der Waals surface area contributed by atoms with Crippen molar-refractivity contribution in [2.75, 3.05) is 5.32 Å². The van der Waals surface area contributed by atoms with E-state index in [2.05, 4.69) is 20.6 Å². The second-order valence-electron chi connectivity index (χ2n) is 4.24. The lowest BCUT2D eigenvalue weighted by Gasteiger charge is -2.10. The van der Waals surface area contributed by atoms with Crippen LogP contribution in [0.3, 0.4) is 0 Å². The average Bonchev–Trinajstić information content (AvgIpc) is 2.91. The van der Waals surface area contributed by atoms with Gasteiger partial charge in [0.2, 0.25) is 0 Å². The minimum atomic E-state index is -1.09. The van der Waals surface area contributed by atoms with E-state index in [1.807, 2.05) is 0 Å². The van der Waals surface area contributed by atoms with Gasteiger partial charge in [0.15, 0.2) is 0 Å². The summed E-state index contributed by atoms with van der Waals surface area (Å²) in [6.07, 6.45) is 3.10. The fraction of sp³-hybridized carbons (Fsp3) is 0.154. The van der Waals surface area contributed by atoms with Crippen LogP contribution in [0.4, 0.5) is 10.5 Å². The summed E-state index contributed by atoms with van der Waals surface area (Å²) in [6, 6.07) is 4.32. The Bertz CT molecular complexity index is 623. The standard InChI is InChI=1S/C13H14N4O3/c1-8-2-3-11(10(4-8)12(18)19)17-13(20)15-6-9-5-14-7-16-9/h2-5,7H,6H2,1H3,(H,14,16)(H,18,19)(H2,15,17,20). The van der Waals surface area contributed by atoms with E-state index in [0.29, 0.717) is 0 Å². The maximum Gasteiger partial charge on any atom is 0.337 e. The molecular weight excluding hydrogens is 260 g/mol. The molecule has 20 heavy (non-hydrogen) atoms. The number of aromatic amines is 1. The fourth-order valence-corrected chi connectivity index (χ4v) is 1.67. The van der Waals surface area contributed by atoms with Gasteiger partial charge in [-0.3, -0.25) is 0 Å². The van der Waals surface area contributed by atoms with Crippen molar-refractivity contribution in [1.82, 2.24) is 15.3 Å². The van der Waals surface area contributed by atoms with Gasteiger partial charge < -0.3 is 20.7 Å². The third-order valence-electron chi connectivity index (χ3n) is 2.65. The summed E-state index contributed by atoms with van der Waals surface area (Å²) < 4.78 is 0. The molecule has 0 unspecified atom stereocenters. The van der Waals surface area contributed by atoms with E-state index in [4.69, 9.17) is 5.11 Å². The number of amides is 2. The molecule has 1 heterocycles. The Hall–Kier alpha value is -2.83. The number of aromatic carboxylic acids is 1. The van der Waals surface area contributed by atoms with Crippen LogP contribution in [0.5, 0.6) is 0 Å². The zero-order valence-electron chi connectivity index (χ0n) is 10.8. The van der Waals surface area contributed by atoms with E-state index in [-0.39, 0.29) is 17.8 Å². The second kappa shape index (κ2) is 5.87. The number of benzene rings is 1. The molecule has 2 rings (SSSR count). The number of nitrogens with zero attached hydrogens (tertiary/aromatic N) is 1. The van der Waals surface area contributed by atoms with Gasteiger partial charge in [-0.25, -0.2) is 14.6 Å². The molecule has 0 saturated heterocycles. The highest BCUT2D eigenvalue weighted by molar-refractivity contribution is 6.00. The molecule has 0 saturated carbocycles. The molecular formula is C13H14N4O3. The average molecular weight is 274 g/mol. The number of nitrogens with one attached hydrogen (secondary N) is 3. The Morgan fingerprint density at radius 1 is 1.40 bits per heavy atom. The van der Waals surface area contributed by atoms with Gasteiger partial charge in [-0.1, -0.05) is 11.6 Å². The molecule has 0 aliphatic rings. The van der Waals surface area contributed by atoms with E-state index in [1.54, 1.807) is 25.3 Å². The van der Waals surface area contributed by atoms with Crippen LogP contribution >= 0.6 is 0 Å². The molecule has 0 fully saturated rings. The quantitative estimate of drug-likeness (QED) is 0.681. The summed E-state index contributed by atoms with van der Waals surface area (Å²) in [5.74, 6) is -1.09. The van der Waals surface area contributed by atoms with E-state index in [1.165, 1.54) is 12.4 Å². The zero-order valence-corrected chi connectivity index (χ0v) is 10.8. The highest BCUT2D eigenvalue weighted by atomic mass is 16.4. The normalized spacial score (nSPS) is 10.1. The van der Waals surface area contributed by atoms with E-state index < -0.39 is 12.0 Å². The van der Waals surface area contributed by atoms with Crippen molar-refractivity contribution >= 4 is 17.7 Å². The molecule has 0 atom stereocenters. The van der Waals surface area contributed by atoms with Gasteiger partial charge in [0.05, 0.1) is 29.8 Å². The number of imidazole rings is 1. The number of carboxylic acids is 1. The number of carboxylic acid groups (broad SMARTS) is 1. The molecule has 0 radical (unpaired) electrons. The summed E-state index contributed by atoms with van der Waals surface area (Å²) in [5.41, 5.74) is 1.88. The molecule has 2 aromatic rings. The Labute approximate surface area is 115 Å². The number of hydrogen-bond donors (Lipinski definition) is 4. The number of aryl methyl sites for hydroxylation is 1. The third kappa shape index (κ3) is 3.35. The number of rotatable bonds is 4. The highest BCUT2D eigenvalue weighted by Gasteiger charge is 2.12. The third-order valence-corrected chi connectivity index (χ3v) is 2.65. The first-order valence-corrected chi connectivity index (χ1v) is 5.92. The van der Waals surface area contributed by atoms with Gasteiger partial charge in [0.1, 0.15) is 0 Å². The Kier molecular flexibility index (Phi) is 3.99. The first-order chi connectivity index (χ1) is 9.56. The largest absolute Gasteiger partial charge is 0.478 e. The zero-order chi connectivity index (χ0) is 14.5. The molecule has 4 N–H and O–H groups in total. The summed E-state index contributed by atoms with van der Waals surface area (Å²) in [6.45, 7) is 2.06. The highest BCUT2D eigenvalue weighted by Crippen LogP contribution is 2.17. The maximum absolute atomic E-state index is 11.7. The Morgan fingerprint density at radius 3 is 2.85 bits per heavy atom. The van der Waals surface area contributed by atoms with Crippen molar-refractivity contribution in [3.63, 3.8) is 0 Å². The van der Waals surface area contributed by atoms with E-state index in [9.17, 15) is 9.59 Å². The molecule has 0 aliphatic carbocycles. The van der Waals surface area contributed by atoms with Gasteiger partial charge in [-0.15, -0.1) is 0 Å². The van der Waals surface area contributed by atoms with Crippen molar-refractivity contribution in [2.24, 2.45) is 0 Å². The van der Waals surface area contributed by atoms with Gasteiger partial charge >= 0.3 is 12.0 Å². The number of carbonyl (C=O) groups excluding carboxylic acids is 1. The molecule has 2 amide bonds. The number of hydrogen-bond acceptors (Lipinski definition) is 3. The van der Waals surface area contributed by atoms with Crippen LogP contribution in [0.15, 0.2) is 30.7 Å². The van der Waals surface area contributed by atoms with Crippen LogP contribution in [0.25, 0.3) is 0 Å². The number of anilines is 1. The molecule has 104 valence electrons. The summed E-state index contributed by atoms with van der Waals surface area (Å²) >= 11 is 0. The first-order valence-electron chi connectivity index (χ1n) is 5.92. The predicted octanol–water partition coefficient (Wildman–Crippen LogP) is 1.74. The molecule has 1 aromatic carbocycles.